The zero-order valence-corrected chi connectivity index (χ0v) is 17.5. The van der Waals surface area contributed by atoms with E-state index in [1.165, 1.54) is 7.11 Å². The van der Waals surface area contributed by atoms with Gasteiger partial charge in [-0.1, -0.05) is 13.8 Å². The van der Waals surface area contributed by atoms with Gasteiger partial charge in [0.2, 0.25) is 5.91 Å². The number of piperazine rings is 1. The van der Waals surface area contributed by atoms with Crippen LogP contribution in [0.25, 0.3) is 5.65 Å². The maximum absolute atomic E-state index is 12.3. The minimum Gasteiger partial charge on any atom is -0.467 e. The summed E-state index contributed by atoms with van der Waals surface area (Å²) in [5.41, 5.74) is 0.646. The molecule has 3 heterocycles. The van der Waals surface area contributed by atoms with E-state index >= 15 is 0 Å². The van der Waals surface area contributed by atoms with E-state index in [1.807, 2.05) is 26.0 Å². The van der Waals surface area contributed by atoms with E-state index in [9.17, 15) is 9.59 Å². The lowest BCUT2D eigenvalue weighted by Crippen LogP contribution is -2.45. The fraction of sp³-hybridized carbons (Fsp3) is 0.632. The number of likely N-dealkylation sites (N-methyl/N-ethyl adjacent to an activating group) is 1. The molecule has 2 aromatic heterocycles. The Kier molecular flexibility index (Phi) is 6.63. The molecule has 10 nitrogen and oxygen atoms in total. The van der Waals surface area contributed by atoms with Crippen molar-refractivity contribution in [3.05, 3.63) is 18.0 Å². The molecule has 1 unspecified atom stereocenters. The first-order chi connectivity index (χ1) is 13.9. The van der Waals surface area contributed by atoms with E-state index in [-0.39, 0.29) is 18.2 Å². The Balaban J connectivity index is 1.66. The highest BCUT2D eigenvalue weighted by Gasteiger charge is 2.25. The minimum absolute atomic E-state index is 0.0619. The second-order valence-corrected chi connectivity index (χ2v) is 7.68. The molecule has 1 saturated heterocycles. The number of aromatic nitrogens is 4. The van der Waals surface area contributed by atoms with Crippen molar-refractivity contribution in [2.75, 3.05) is 45.2 Å². The highest BCUT2D eigenvalue weighted by atomic mass is 16.5. The van der Waals surface area contributed by atoms with Crippen LogP contribution in [0.1, 0.15) is 26.1 Å². The van der Waals surface area contributed by atoms with Gasteiger partial charge < -0.3 is 19.9 Å². The van der Waals surface area contributed by atoms with E-state index in [0.29, 0.717) is 17.9 Å². The Morgan fingerprint density at radius 1 is 1.17 bits per heavy atom. The van der Waals surface area contributed by atoms with E-state index in [4.69, 9.17) is 4.74 Å². The molecule has 0 saturated carbocycles. The topological polar surface area (TPSA) is 105 Å². The zero-order valence-electron chi connectivity index (χ0n) is 17.5. The Morgan fingerprint density at radius 2 is 1.90 bits per heavy atom. The monoisotopic (exact) mass is 403 g/mol. The largest absolute Gasteiger partial charge is 0.467 e. The van der Waals surface area contributed by atoms with Crippen molar-refractivity contribution in [1.29, 1.82) is 0 Å². The van der Waals surface area contributed by atoms with Crippen molar-refractivity contribution in [2.24, 2.45) is 5.92 Å². The first kappa shape index (κ1) is 21.0. The van der Waals surface area contributed by atoms with Gasteiger partial charge in [-0.25, -0.2) is 4.79 Å². The van der Waals surface area contributed by atoms with E-state index in [0.717, 1.165) is 32.0 Å². The number of ether oxygens (including phenoxy) is 1. The molecule has 29 heavy (non-hydrogen) atoms. The maximum Gasteiger partial charge on any atom is 0.328 e. The van der Waals surface area contributed by atoms with Crippen LogP contribution >= 0.6 is 0 Å². The molecule has 1 atom stereocenters. The molecule has 2 aromatic rings. The molecule has 1 N–H and O–H groups in total. The predicted molar refractivity (Wildman–Crippen MR) is 108 cm³/mol. The number of anilines is 1. The average molecular weight is 403 g/mol. The van der Waals surface area contributed by atoms with Gasteiger partial charge in [-0.3, -0.25) is 4.79 Å². The molecule has 0 spiro atoms. The number of fused-ring (bicyclic) bond motifs is 1. The fourth-order valence-corrected chi connectivity index (χ4v) is 3.28. The zero-order chi connectivity index (χ0) is 21.0. The van der Waals surface area contributed by atoms with Crippen LogP contribution in [0.2, 0.25) is 0 Å². The third-order valence-electron chi connectivity index (χ3n) is 5.15. The molecule has 0 aromatic carbocycles. The normalized spacial score (nSPS) is 16.2. The molecular formula is C19H29N7O3. The van der Waals surface area contributed by atoms with Crippen molar-refractivity contribution in [3.63, 3.8) is 0 Å². The summed E-state index contributed by atoms with van der Waals surface area (Å²) < 4.78 is 6.46. The quantitative estimate of drug-likeness (QED) is 0.650. The molecular weight excluding hydrogens is 374 g/mol. The molecule has 10 heteroatoms. The fourth-order valence-electron chi connectivity index (χ4n) is 3.28. The van der Waals surface area contributed by atoms with Gasteiger partial charge in [0.05, 0.1) is 7.11 Å². The highest BCUT2D eigenvalue weighted by molar-refractivity contribution is 5.84. The molecule has 0 aliphatic carbocycles. The van der Waals surface area contributed by atoms with Crippen LogP contribution in [-0.4, -0.2) is 83.0 Å². The maximum atomic E-state index is 12.3. The van der Waals surface area contributed by atoms with Gasteiger partial charge in [-0.2, -0.15) is 4.52 Å². The van der Waals surface area contributed by atoms with Crippen molar-refractivity contribution < 1.29 is 14.3 Å². The van der Waals surface area contributed by atoms with Crippen LogP contribution in [-0.2, 0) is 20.7 Å². The molecule has 0 bridgehead atoms. The number of carbonyl (C=O) groups excluding carboxylic acids is 2. The van der Waals surface area contributed by atoms with Gasteiger partial charge in [0.25, 0.3) is 0 Å². The number of carbonyl (C=O) groups is 2. The number of hydrogen-bond donors (Lipinski definition) is 1. The van der Waals surface area contributed by atoms with Gasteiger partial charge in [-0.05, 0) is 25.1 Å². The molecule has 1 aliphatic rings. The van der Waals surface area contributed by atoms with Gasteiger partial charge in [-0.15, -0.1) is 15.3 Å². The second kappa shape index (κ2) is 9.17. The average Bonchev–Trinajstić information content (AvgIpc) is 3.12. The van der Waals surface area contributed by atoms with Gasteiger partial charge in [0.1, 0.15) is 11.9 Å². The molecule has 1 amide bonds. The number of nitrogens with zero attached hydrogens (tertiary/aromatic N) is 6. The Labute approximate surface area is 170 Å². The minimum atomic E-state index is -0.662. The summed E-state index contributed by atoms with van der Waals surface area (Å²) in [6.07, 6.45) is 0.555. The van der Waals surface area contributed by atoms with E-state index < -0.39 is 12.0 Å². The van der Waals surface area contributed by atoms with Crippen LogP contribution in [0.15, 0.2) is 12.1 Å². The summed E-state index contributed by atoms with van der Waals surface area (Å²) in [4.78, 5) is 28.7. The molecule has 0 radical (unpaired) electrons. The molecule has 1 fully saturated rings. The standard InChI is InChI=1S/C19H29N7O3/c1-13(2)18(19(28)29-4)20-17(27)8-7-15-22-21-14-5-6-16(23-26(14)15)25-11-9-24(3)10-12-25/h5-6,13,18H,7-12H2,1-4H3,(H,20,27). The number of esters is 1. The predicted octanol–water partition coefficient (Wildman–Crippen LogP) is 0.123. The highest BCUT2D eigenvalue weighted by Crippen LogP contribution is 2.15. The lowest BCUT2D eigenvalue weighted by Gasteiger charge is -2.33. The van der Waals surface area contributed by atoms with Crippen LogP contribution in [0.4, 0.5) is 5.82 Å². The van der Waals surface area contributed by atoms with E-state index in [2.05, 4.69) is 37.5 Å². The van der Waals surface area contributed by atoms with Crippen molar-refractivity contribution >= 4 is 23.3 Å². The van der Waals surface area contributed by atoms with E-state index in [1.54, 1.807) is 4.52 Å². The third kappa shape index (κ3) is 5.00. The summed E-state index contributed by atoms with van der Waals surface area (Å²) in [6.45, 7) is 7.53. The Bertz CT molecular complexity index is 859. The van der Waals surface area contributed by atoms with Gasteiger partial charge >= 0.3 is 5.97 Å². The van der Waals surface area contributed by atoms with Crippen LogP contribution < -0.4 is 10.2 Å². The lowest BCUT2D eigenvalue weighted by molar-refractivity contribution is -0.146. The SMILES string of the molecule is COC(=O)C(NC(=O)CCc1nnc2ccc(N3CCN(C)CC3)nn12)C(C)C. The van der Waals surface area contributed by atoms with Gasteiger partial charge in [0, 0.05) is 39.0 Å². The summed E-state index contributed by atoms with van der Waals surface area (Å²) in [5, 5.41) is 15.8. The first-order valence-corrected chi connectivity index (χ1v) is 9.91. The Hall–Kier alpha value is -2.75. The number of rotatable bonds is 7. The van der Waals surface area contributed by atoms with Crippen LogP contribution in [0.3, 0.4) is 0 Å². The summed E-state index contributed by atoms with van der Waals surface area (Å²) in [7, 11) is 3.43. The van der Waals surface area contributed by atoms with Gasteiger partial charge in [0.15, 0.2) is 11.5 Å². The number of methoxy groups -OCH3 is 1. The van der Waals surface area contributed by atoms with Crippen LogP contribution in [0.5, 0.6) is 0 Å². The summed E-state index contributed by atoms with van der Waals surface area (Å²) >= 11 is 0. The second-order valence-electron chi connectivity index (χ2n) is 7.68. The lowest BCUT2D eigenvalue weighted by atomic mass is 10.0. The Morgan fingerprint density at radius 3 is 2.55 bits per heavy atom. The van der Waals surface area contributed by atoms with Crippen molar-refractivity contribution in [3.8, 4) is 0 Å². The van der Waals surface area contributed by atoms with Crippen LogP contribution in [0, 0.1) is 5.92 Å². The molecule has 3 rings (SSSR count). The number of hydrogen-bond acceptors (Lipinski definition) is 8. The smallest absolute Gasteiger partial charge is 0.328 e. The summed E-state index contributed by atoms with van der Waals surface area (Å²) in [5.74, 6) is 0.751. The number of amides is 1. The summed E-state index contributed by atoms with van der Waals surface area (Å²) in [6, 6.07) is 3.18. The number of aryl methyl sites for hydroxylation is 1. The van der Waals surface area contributed by atoms with Crippen molar-refractivity contribution in [1.82, 2.24) is 30.0 Å². The first-order valence-electron chi connectivity index (χ1n) is 9.91. The molecule has 158 valence electrons. The molecule has 1 aliphatic heterocycles. The number of nitrogens with one attached hydrogen (secondary N) is 1. The third-order valence-corrected chi connectivity index (χ3v) is 5.15. The van der Waals surface area contributed by atoms with Crippen molar-refractivity contribution in [2.45, 2.75) is 32.7 Å².